The number of aliphatic hydroxyl groups is 1. The quantitative estimate of drug-likeness (QED) is 0.830. The van der Waals surface area contributed by atoms with Gasteiger partial charge in [0.2, 0.25) is 0 Å². The number of rotatable bonds is 6. The molecule has 0 spiro atoms. The molecular formula is C17H20FNO2. The van der Waals surface area contributed by atoms with E-state index in [1.807, 2.05) is 0 Å². The maximum atomic E-state index is 13.8. The maximum absolute atomic E-state index is 13.8. The molecule has 0 atom stereocenters. The molecule has 1 amide bonds. The number of unbranched alkanes of at least 4 members (excludes halogenated alkanes) is 2. The Kier molecular flexibility index (Phi) is 5.28. The van der Waals surface area contributed by atoms with Crippen LogP contribution in [0.2, 0.25) is 0 Å². The van der Waals surface area contributed by atoms with E-state index in [2.05, 4.69) is 0 Å². The molecule has 0 saturated carbocycles. The van der Waals surface area contributed by atoms with Crippen molar-refractivity contribution in [2.75, 3.05) is 20.2 Å². The topological polar surface area (TPSA) is 40.5 Å². The fourth-order valence-corrected chi connectivity index (χ4v) is 2.39. The number of aliphatic hydroxyl groups excluding tert-OH is 1. The molecule has 0 aromatic heterocycles. The molecule has 21 heavy (non-hydrogen) atoms. The summed E-state index contributed by atoms with van der Waals surface area (Å²) in [6, 6.07) is 9.91. The van der Waals surface area contributed by atoms with Crippen LogP contribution in [-0.2, 0) is 0 Å². The summed E-state index contributed by atoms with van der Waals surface area (Å²) in [4.78, 5) is 14.1. The Labute approximate surface area is 124 Å². The summed E-state index contributed by atoms with van der Waals surface area (Å²) < 4.78 is 13.8. The number of amides is 1. The second kappa shape index (κ2) is 7.18. The number of fused-ring (bicyclic) bond motifs is 1. The lowest BCUT2D eigenvalue weighted by molar-refractivity contribution is 0.0794. The molecular weight excluding hydrogens is 269 g/mol. The van der Waals surface area contributed by atoms with Gasteiger partial charge in [0.05, 0.1) is 0 Å². The van der Waals surface area contributed by atoms with Crippen LogP contribution in [0.5, 0.6) is 0 Å². The maximum Gasteiger partial charge on any atom is 0.254 e. The number of carbonyl (C=O) groups excluding carboxylic acids is 1. The van der Waals surface area contributed by atoms with Gasteiger partial charge in [0, 0.05) is 31.1 Å². The minimum atomic E-state index is -0.312. The first-order chi connectivity index (χ1) is 10.1. The highest BCUT2D eigenvalue weighted by atomic mass is 19.1. The lowest BCUT2D eigenvalue weighted by Gasteiger charge is -2.18. The molecule has 0 radical (unpaired) electrons. The van der Waals surface area contributed by atoms with Crippen LogP contribution in [0.1, 0.15) is 29.6 Å². The molecule has 0 heterocycles. The summed E-state index contributed by atoms with van der Waals surface area (Å²) in [5, 5.41) is 9.86. The van der Waals surface area contributed by atoms with Crippen molar-refractivity contribution in [3.05, 3.63) is 47.8 Å². The van der Waals surface area contributed by atoms with Gasteiger partial charge in [0.15, 0.2) is 0 Å². The first kappa shape index (κ1) is 15.4. The van der Waals surface area contributed by atoms with Gasteiger partial charge < -0.3 is 10.0 Å². The molecule has 0 aliphatic carbocycles. The van der Waals surface area contributed by atoms with Crippen LogP contribution in [0.4, 0.5) is 4.39 Å². The monoisotopic (exact) mass is 289 g/mol. The molecule has 0 aliphatic rings. The third-order valence-corrected chi connectivity index (χ3v) is 3.60. The predicted octanol–water partition coefficient (Wildman–Crippen LogP) is 3.21. The first-order valence-electron chi connectivity index (χ1n) is 7.18. The molecule has 112 valence electrons. The van der Waals surface area contributed by atoms with Gasteiger partial charge >= 0.3 is 0 Å². The van der Waals surface area contributed by atoms with E-state index in [4.69, 9.17) is 5.11 Å². The molecule has 0 aliphatic heterocycles. The number of carbonyl (C=O) groups is 1. The fraction of sp³-hybridized carbons (Fsp3) is 0.353. The first-order valence-corrected chi connectivity index (χ1v) is 7.18. The van der Waals surface area contributed by atoms with Gasteiger partial charge in [0.1, 0.15) is 5.82 Å². The lowest BCUT2D eigenvalue weighted by atomic mass is 10.0. The Morgan fingerprint density at radius 3 is 2.52 bits per heavy atom. The summed E-state index contributed by atoms with van der Waals surface area (Å²) >= 11 is 0. The SMILES string of the molecule is CN(CCCCCO)C(=O)c1ccc(F)c2ccccc12. The van der Waals surface area contributed by atoms with Crippen LogP contribution in [0, 0.1) is 5.82 Å². The van der Waals surface area contributed by atoms with Crippen LogP contribution in [0.15, 0.2) is 36.4 Å². The number of halogens is 1. The van der Waals surface area contributed by atoms with Gasteiger partial charge in [-0.1, -0.05) is 24.3 Å². The highest BCUT2D eigenvalue weighted by Crippen LogP contribution is 2.22. The van der Waals surface area contributed by atoms with Gasteiger partial charge in [0.25, 0.3) is 5.91 Å². The van der Waals surface area contributed by atoms with Crippen LogP contribution in [0.25, 0.3) is 10.8 Å². The van der Waals surface area contributed by atoms with E-state index in [1.165, 1.54) is 6.07 Å². The molecule has 3 nitrogen and oxygen atoms in total. The Balaban J connectivity index is 2.18. The van der Waals surface area contributed by atoms with Crippen molar-refractivity contribution in [2.45, 2.75) is 19.3 Å². The van der Waals surface area contributed by atoms with Crippen molar-refractivity contribution in [2.24, 2.45) is 0 Å². The van der Waals surface area contributed by atoms with E-state index < -0.39 is 0 Å². The fourth-order valence-electron chi connectivity index (χ4n) is 2.39. The van der Waals surface area contributed by atoms with E-state index in [-0.39, 0.29) is 18.3 Å². The van der Waals surface area contributed by atoms with Crippen molar-refractivity contribution < 1.29 is 14.3 Å². The highest BCUT2D eigenvalue weighted by molar-refractivity contribution is 6.07. The summed E-state index contributed by atoms with van der Waals surface area (Å²) in [6.45, 7) is 0.810. The van der Waals surface area contributed by atoms with Crippen molar-refractivity contribution >= 4 is 16.7 Å². The van der Waals surface area contributed by atoms with Crippen molar-refractivity contribution in [3.63, 3.8) is 0 Å². The zero-order valence-electron chi connectivity index (χ0n) is 12.2. The zero-order chi connectivity index (χ0) is 15.2. The number of hydrogen-bond acceptors (Lipinski definition) is 2. The van der Waals surface area contributed by atoms with Crippen LogP contribution >= 0.6 is 0 Å². The van der Waals surface area contributed by atoms with E-state index in [1.54, 1.807) is 42.3 Å². The molecule has 1 N–H and O–H groups in total. The van der Waals surface area contributed by atoms with E-state index in [0.717, 1.165) is 19.3 Å². The van der Waals surface area contributed by atoms with Gasteiger partial charge in [-0.05, 0) is 36.8 Å². The standard InChI is InChI=1S/C17H20FNO2/c1-19(11-5-2-6-12-20)17(21)15-9-10-16(18)14-8-4-3-7-13(14)15/h3-4,7-10,20H,2,5-6,11-12H2,1H3. The Bertz CT molecular complexity index is 627. The molecule has 2 aromatic rings. The Morgan fingerprint density at radius 2 is 1.81 bits per heavy atom. The van der Waals surface area contributed by atoms with Gasteiger partial charge in [-0.2, -0.15) is 0 Å². The molecule has 4 heteroatoms. The zero-order valence-corrected chi connectivity index (χ0v) is 12.2. The van der Waals surface area contributed by atoms with E-state index in [9.17, 15) is 9.18 Å². The summed E-state index contributed by atoms with van der Waals surface area (Å²) in [7, 11) is 1.75. The van der Waals surface area contributed by atoms with E-state index in [0.29, 0.717) is 22.9 Å². The second-order valence-corrected chi connectivity index (χ2v) is 5.15. The minimum absolute atomic E-state index is 0.102. The summed E-state index contributed by atoms with van der Waals surface area (Å²) in [5.41, 5.74) is 0.525. The summed E-state index contributed by atoms with van der Waals surface area (Å²) in [6.07, 6.45) is 2.49. The third-order valence-electron chi connectivity index (χ3n) is 3.60. The van der Waals surface area contributed by atoms with E-state index >= 15 is 0 Å². The van der Waals surface area contributed by atoms with Gasteiger partial charge in [-0.15, -0.1) is 0 Å². The number of nitrogens with zero attached hydrogens (tertiary/aromatic N) is 1. The molecule has 2 aromatic carbocycles. The van der Waals surface area contributed by atoms with Crippen LogP contribution < -0.4 is 0 Å². The summed E-state index contributed by atoms with van der Waals surface area (Å²) in [5.74, 6) is -0.414. The predicted molar refractivity (Wildman–Crippen MR) is 81.8 cm³/mol. The second-order valence-electron chi connectivity index (χ2n) is 5.15. The number of hydrogen-bond donors (Lipinski definition) is 1. The average Bonchev–Trinajstić information content (AvgIpc) is 2.51. The van der Waals surface area contributed by atoms with Crippen LogP contribution in [-0.4, -0.2) is 36.1 Å². The minimum Gasteiger partial charge on any atom is -0.396 e. The smallest absolute Gasteiger partial charge is 0.254 e. The third kappa shape index (κ3) is 3.58. The molecule has 2 rings (SSSR count). The largest absolute Gasteiger partial charge is 0.396 e. The Hall–Kier alpha value is -1.94. The van der Waals surface area contributed by atoms with Gasteiger partial charge in [-0.3, -0.25) is 4.79 Å². The normalized spacial score (nSPS) is 10.8. The molecule has 0 bridgehead atoms. The highest BCUT2D eigenvalue weighted by Gasteiger charge is 2.15. The van der Waals surface area contributed by atoms with Gasteiger partial charge in [-0.25, -0.2) is 4.39 Å². The lowest BCUT2D eigenvalue weighted by Crippen LogP contribution is -2.28. The number of benzene rings is 2. The Morgan fingerprint density at radius 1 is 1.10 bits per heavy atom. The molecule has 0 saturated heterocycles. The van der Waals surface area contributed by atoms with Crippen LogP contribution in [0.3, 0.4) is 0 Å². The average molecular weight is 289 g/mol. The molecule has 0 fully saturated rings. The van der Waals surface area contributed by atoms with Crippen molar-refractivity contribution in [1.29, 1.82) is 0 Å². The molecule has 0 unspecified atom stereocenters. The van der Waals surface area contributed by atoms with Crippen molar-refractivity contribution in [3.8, 4) is 0 Å². The van der Waals surface area contributed by atoms with Crippen molar-refractivity contribution in [1.82, 2.24) is 4.90 Å².